The third kappa shape index (κ3) is 7.20. The van der Waals surface area contributed by atoms with Crippen LogP contribution in [-0.2, 0) is 21.1 Å². The molecule has 55 heavy (non-hydrogen) atoms. The molecule has 0 atom stereocenters. The number of aromatic nitrogens is 4. The van der Waals surface area contributed by atoms with E-state index in [0.29, 0.717) is 34.4 Å². The van der Waals surface area contributed by atoms with E-state index in [2.05, 4.69) is 39.9 Å². The average Bonchev–Trinajstić information content (AvgIpc) is 3.82. The Kier molecular flexibility index (Phi) is 9.90. The third-order valence-corrected chi connectivity index (χ3v) is 8.98. The second kappa shape index (κ2) is 15.4. The Morgan fingerprint density at radius 2 is 1.31 bits per heavy atom. The van der Waals surface area contributed by atoms with Gasteiger partial charge in [0.2, 0.25) is 0 Å². The van der Waals surface area contributed by atoms with Gasteiger partial charge in [-0.3, -0.25) is 4.68 Å². The van der Waals surface area contributed by atoms with E-state index in [-0.39, 0.29) is 21.1 Å². The van der Waals surface area contributed by atoms with Crippen molar-refractivity contribution in [1.82, 2.24) is 19.3 Å². The number of para-hydroxylation sites is 3. The zero-order valence-corrected chi connectivity index (χ0v) is 32.0. The van der Waals surface area contributed by atoms with Crippen molar-refractivity contribution < 1.29 is 40.0 Å². The molecule has 0 saturated heterocycles. The van der Waals surface area contributed by atoms with Crippen molar-refractivity contribution >= 4 is 21.8 Å². The zero-order chi connectivity index (χ0) is 36.4. The number of pyridine rings is 1. The summed E-state index contributed by atoms with van der Waals surface area (Å²) in [6.07, 6.45) is 5.48. The van der Waals surface area contributed by atoms with E-state index in [1.165, 1.54) is 0 Å². The maximum atomic E-state index is 6.46. The molecule has 0 N–H and O–H groups in total. The Balaban J connectivity index is 0.00000427. The molecule has 270 valence electrons. The van der Waals surface area contributed by atoms with Crippen molar-refractivity contribution in [3.05, 3.63) is 176 Å². The number of rotatable bonds is 10. The fourth-order valence-electron chi connectivity index (χ4n) is 6.55. The molecule has 3 heterocycles. The average molecular weight is 900 g/mol. The van der Waals surface area contributed by atoms with Gasteiger partial charge in [-0.15, -0.1) is 35.7 Å². The number of benzene rings is 6. The standard InChI is InChI=1S/C46H32N4O4.Pt/c1-31-24-43(53-34-13-5-3-6-14-34)46(44(25-31)54-35-15-7-4-8-16-35)32-29-48-49(30-32)33-12-11-17-37(26-33)52-38-20-21-40-39-18-9-10-19-41(39)50(42(40)27-38)45-28-36(51-2)22-23-47-45;/h3-25,28-30H,1-2H3;/q-2;+2. The Bertz CT molecular complexity index is 2700. The SMILES string of the molecule is COc1ccnc(-n2c3[c-]c(Oc4[c-]c(-n5cc(-c6c(Oc7ccccc7)cc(C)cc6Oc6ccccc6)cn5)ccc4)ccc3c3ccccc32)c1.[Pt+2]. The smallest absolute Gasteiger partial charge is 0.509 e. The van der Waals surface area contributed by atoms with Crippen LogP contribution < -0.4 is 18.9 Å². The number of hydrogen-bond acceptors (Lipinski definition) is 6. The second-order valence-electron chi connectivity index (χ2n) is 12.6. The normalized spacial score (nSPS) is 10.9. The Morgan fingerprint density at radius 1 is 0.618 bits per heavy atom. The van der Waals surface area contributed by atoms with Crippen molar-refractivity contribution in [2.24, 2.45) is 0 Å². The molecule has 0 unspecified atom stereocenters. The molecule has 0 aliphatic heterocycles. The Labute approximate surface area is 332 Å². The van der Waals surface area contributed by atoms with Gasteiger partial charge in [0.05, 0.1) is 18.9 Å². The summed E-state index contributed by atoms with van der Waals surface area (Å²) in [5.41, 5.74) is 5.12. The fraction of sp³-hybridized carbons (Fsp3) is 0.0435. The molecule has 8 nitrogen and oxygen atoms in total. The van der Waals surface area contributed by atoms with Crippen LogP contribution in [0.25, 0.3) is 44.4 Å². The van der Waals surface area contributed by atoms with Crippen LogP contribution >= 0.6 is 0 Å². The largest absolute Gasteiger partial charge is 2.00 e. The summed E-state index contributed by atoms with van der Waals surface area (Å²) in [6.45, 7) is 2.02. The van der Waals surface area contributed by atoms with E-state index in [1.54, 1.807) is 24.2 Å². The molecule has 9 rings (SSSR count). The van der Waals surface area contributed by atoms with E-state index in [1.807, 2.05) is 134 Å². The molecular weight excluding hydrogens is 868 g/mol. The van der Waals surface area contributed by atoms with Crippen molar-refractivity contribution in [3.63, 3.8) is 0 Å². The monoisotopic (exact) mass is 899 g/mol. The zero-order valence-electron chi connectivity index (χ0n) is 29.7. The summed E-state index contributed by atoms with van der Waals surface area (Å²) < 4.78 is 28.7. The molecule has 0 aliphatic rings. The summed E-state index contributed by atoms with van der Waals surface area (Å²) in [5.74, 6) is 5.23. The van der Waals surface area contributed by atoms with Gasteiger partial charge in [-0.05, 0) is 72.1 Å². The molecule has 9 aromatic rings. The van der Waals surface area contributed by atoms with Crippen LogP contribution in [0.4, 0.5) is 0 Å². The molecule has 0 saturated carbocycles. The summed E-state index contributed by atoms with van der Waals surface area (Å²) in [6, 6.07) is 52.0. The van der Waals surface area contributed by atoms with Crippen molar-refractivity contribution in [3.8, 4) is 62.9 Å². The van der Waals surface area contributed by atoms with E-state index >= 15 is 0 Å². The number of aryl methyl sites for hydroxylation is 1. The second-order valence-corrected chi connectivity index (χ2v) is 12.6. The quantitative estimate of drug-likeness (QED) is 0.127. The minimum atomic E-state index is 0. The van der Waals surface area contributed by atoms with Crippen LogP contribution in [0.5, 0.6) is 40.2 Å². The predicted molar refractivity (Wildman–Crippen MR) is 210 cm³/mol. The molecule has 0 spiro atoms. The first-order valence-electron chi connectivity index (χ1n) is 17.4. The molecule has 0 radical (unpaired) electrons. The predicted octanol–water partition coefficient (Wildman–Crippen LogP) is 11.3. The number of fused-ring (bicyclic) bond motifs is 3. The molecule has 3 aromatic heterocycles. The fourth-order valence-corrected chi connectivity index (χ4v) is 6.55. The summed E-state index contributed by atoms with van der Waals surface area (Å²) in [7, 11) is 1.65. The first kappa shape index (κ1) is 35.4. The Hall–Kier alpha value is -6.63. The van der Waals surface area contributed by atoms with Crippen LogP contribution in [0.15, 0.2) is 158 Å². The third-order valence-electron chi connectivity index (χ3n) is 8.98. The van der Waals surface area contributed by atoms with E-state index < -0.39 is 0 Å². The maximum absolute atomic E-state index is 6.46. The summed E-state index contributed by atoms with van der Waals surface area (Å²) >= 11 is 0. The van der Waals surface area contributed by atoms with Gasteiger partial charge in [0.15, 0.2) is 0 Å². The molecule has 9 heteroatoms. The van der Waals surface area contributed by atoms with Gasteiger partial charge in [-0.25, -0.2) is 4.98 Å². The van der Waals surface area contributed by atoms with E-state index in [4.69, 9.17) is 24.0 Å². The van der Waals surface area contributed by atoms with Crippen LogP contribution in [0.1, 0.15) is 5.56 Å². The minimum Gasteiger partial charge on any atom is -0.509 e. The summed E-state index contributed by atoms with van der Waals surface area (Å²) in [5, 5.41) is 6.87. The van der Waals surface area contributed by atoms with Crippen LogP contribution in [-0.4, -0.2) is 26.4 Å². The number of ether oxygens (including phenoxy) is 4. The number of hydrogen-bond donors (Lipinski definition) is 0. The van der Waals surface area contributed by atoms with Gasteiger partial charge in [-0.1, -0.05) is 60.1 Å². The molecule has 0 amide bonds. The first-order valence-corrected chi connectivity index (χ1v) is 17.4. The van der Waals surface area contributed by atoms with Crippen LogP contribution in [0, 0.1) is 19.1 Å². The Morgan fingerprint density at radius 3 is 2.04 bits per heavy atom. The van der Waals surface area contributed by atoms with Gasteiger partial charge >= 0.3 is 21.1 Å². The number of methoxy groups -OCH3 is 1. The van der Waals surface area contributed by atoms with Crippen LogP contribution in [0.3, 0.4) is 0 Å². The molecule has 0 aliphatic carbocycles. The van der Waals surface area contributed by atoms with Gasteiger partial charge in [0, 0.05) is 41.0 Å². The molecule has 0 bridgehead atoms. The van der Waals surface area contributed by atoms with Crippen LogP contribution in [0.2, 0.25) is 0 Å². The van der Waals surface area contributed by atoms with Crippen molar-refractivity contribution in [2.75, 3.05) is 7.11 Å². The molecule has 0 fully saturated rings. The minimum absolute atomic E-state index is 0. The van der Waals surface area contributed by atoms with Gasteiger partial charge < -0.3 is 23.5 Å². The number of nitrogens with zero attached hydrogens (tertiary/aromatic N) is 4. The van der Waals surface area contributed by atoms with Crippen molar-refractivity contribution in [2.45, 2.75) is 6.92 Å². The van der Waals surface area contributed by atoms with Crippen molar-refractivity contribution in [1.29, 1.82) is 0 Å². The molecule has 6 aromatic carbocycles. The van der Waals surface area contributed by atoms with Gasteiger partial charge in [0.25, 0.3) is 0 Å². The van der Waals surface area contributed by atoms with E-state index in [9.17, 15) is 0 Å². The van der Waals surface area contributed by atoms with Gasteiger partial charge in [-0.2, -0.15) is 17.2 Å². The van der Waals surface area contributed by atoms with E-state index in [0.717, 1.165) is 55.8 Å². The first-order chi connectivity index (χ1) is 26.6. The summed E-state index contributed by atoms with van der Waals surface area (Å²) in [4.78, 5) is 4.66. The topological polar surface area (TPSA) is 72.6 Å². The van der Waals surface area contributed by atoms with Gasteiger partial charge in [0.1, 0.15) is 34.6 Å². The molecular formula is C46H32N4O4Pt. The maximum Gasteiger partial charge on any atom is 2.00 e.